The fourth-order valence-electron chi connectivity index (χ4n) is 2.99. The van der Waals surface area contributed by atoms with Crippen LogP contribution in [0, 0.1) is 20.8 Å². The number of hydrogen-bond donors (Lipinski definition) is 0. The molecule has 8 heteroatoms. The van der Waals surface area contributed by atoms with Crippen molar-refractivity contribution in [2.24, 2.45) is 0 Å². The van der Waals surface area contributed by atoms with Crippen LogP contribution in [0.4, 0.5) is 0 Å². The SMILES string of the molecule is Cc1cccc(-c2nnc(COC(=O)c3cccc(OCc4c(C)noc4C)c3)o2)c1. The van der Waals surface area contributed by atoms with Gasteiger partial charge in [-0.2, -0.15) is 0 Å². The highest BCUT2D eigenvalue weighted by atomic mass is 16.5. The number of rotatable bonds is 7. The molecule has 0 unspecified atom stereocenters. The van der Waals surface area contributed by atoms with Crippen LogP contribution >= 0.6 is 0 Å². The van der Waals surface area contributed by atoms with E-state index in [1.165, 1.54) is 0 Å². The smallest absolute Gasteiger partial charge is 0.338 e. The summed E-state index contributed by atoms with van der Waals surface area (Å²) in [5.41, 5.74) is 3.91. The first-order valence-corrected chi connectivity index (χ1v) is 9.71. The standard InChI is InChI=1S/C23H21N3O5/c1-14-6-4-7-17(10-14)22-25-24-21(30-22)13-29-23(27)18-8-5-9-19(11-18)28-12-20-15(2)26-31-16(20)3/h4-11H,12-13H2,1-3H3. The first-order valence-electron chi connectivity index (χ1n) is 9.71. The number of hydrogen-bond acceptors (Lipinski definition) is 8. The maximum atomic E-state index is 12.4. The van der Waals surface area contributed by atoms with Crippen LogP contribution in [0.3, 0.4) is 0 Å². The number of carbonyl (C=O) groups is 1. The third-order valence-electron chi connectivity index (χ3n) is 4.69. The molecule has 2 heterocycles. The van der Waals surface area contributed by atoms with Gasteiger partial charge in [0, 0.05) is 5.56 Å². The van der Waals surface area contributed by atoms with Crippen LogP contribution < -0.4 is 4.74 Å². The lowest BCUT2D eigenvalue weighted by Crippen LogP contribution is -2.06. The topological polar surface area (TPSA) is 100 Å². The van der Waals surface area contributed by atoms with Gasteiger partial charge in [-0.25, -0.2) is 4.79 Å². The van der Waals surface area contributed by atoms with Crippen molar-refractivity contribution in [1.82, 2.24) is 15.4 Å². The Labute approximate surface area is 178 Å². The summed E-state index contributed by atoms with van der Waals surface area (Å²) in [6.07, 6.45) is 0. The van der Waals surface area contributed by atoms with E-state index in [1.807, 2.05) is 45.0 Å². The molecule has 2 aromatic carbocycles. The van der Waals surface area contributed by atoms with Crippen LogP contribution in [0.5, 0.6) is 5.75 Å². The third-order valence-corrected chi connectivity index (χ3v) is 4.69. The molecular formula is C23H21N3O5. The van der Waals surface area contributed by atoms with Crippen LogP contribution in [0.15, 0.2) is 57.5 Å². The molecule has 0 saturated carbocycles. The fraction of sp³-hybridized carbons (Fsp3) is 0.217. The molecule has 4 aromatic rings. The lowest BCUT2D eigenvalue weighted by Gasteiger charge is -2.08. The minimum Gasteiger partial charge on any atom is -0.489 e. The molecular weight excluding hydrogens is 398 g/mol. The van der Waals surface area contributed by atoms with Crippen LogP contribution in [-0.2, 0) is 18.0 Å². The number of aromatic nitrogens is 3. The molecule has 0 fully saturated rings. The summed E-state index contributed by atoms with van der Waals surface area (Å²) < 4.78 is 21.8. The molecule has 0 aliphatic rings. The molecule has 0 radical (unpaired) electrons. The Balaban J connectivity index is 1.36. The molecule has 4 rings (SSSR count). The van der Waals surface area contributed by atoms with Crippen molar-refractivity contribution in [3.8, 4) is 17.2 Å². The Kier molecular flexibility index (Phi) is 5.79. The predicted molar refractivity (Wildman–Crippen MR) is 110 cm³/mol. The van der Waals surface area contributed by atoms with E-state index >= 15 is 0 Å². The summed E-state index contributed by atoms with van der Waals surface area (Å²) in [6.45, 7) is 5.83. The van der Waals surface area contributed by atoms with E-state index in [2.05, 4.69) is 15.4 Å². The van der Waals surface area contributed by atoms with Crippen molar-refractivity contribution in [1.29, 1.82) is 0 Å². The summed E-state index contributed by atoms with van der Waals surface area (Å²) in [4.78, 5) is 12.4. The van der Waals surface area contributed by atoms with Crippen molar-refractivity contribution in [2.75, 3.05) is 0 Å². The van der Waals surface area contributed by atoms with Gasteiger partial charge in [0.05, 0.1) is 16.8 Å². The molecule has 0 aliphatic carbocycles. The Hall–Kier alpha value is -3.94. The van der Waals surface area contributed by atoms with E-state index < -0.39 is 5.97 Å². The number of esters is 1. The first-order chi connectivity index (χ1) is 15.0. The zero-order valence-corrected chi connectivity index (χ0v) is 17.4. The molecule has 0 aliphatic heterocycles. The van der Waals surface area contributed by atoms with Gasteiger partial charge in [0.15, 0.2) is 6.61 Å². The lowest BCUT2D eigenvalue weighted by molar-refractivity contribution is 0.0438. The zero-order chi connectivity index (χ0) is 21.8. The van der Waals surface area contributed by atoms with E-state index in [9.17, 15) is 4.79 Å². The monoisotopic (exact) mass is 419 g/mol. The first kappa shape index (κ1) is 20.3. The summed E-state index contributed by atoms with van der Waals surface area (Å²) in [5.74, 6) is 1.32. The number of carbonyl (C=O) groups excluding carboxylic acids is 1. The van der Waals surface area contributed by atoms with Crippen LogP contribution in [0.25, 0.3) is 11.5 Å². The minimum absolute atomic E-state index is 0.123. The van der Waals surface area contributed by atoms with Gasteiger partial charge in [0.25, 0.3) is 5.89 Å². The maximum Gasteiger partial charge on any atom is 0.338 e. The normalized spacial score (nSPS) is 10.8. The highest BCUT2D eigenvalue weighted by molar-refractivity contribution is 5.89. The van der Waals surface area contributed by atoms with Gasteiger partial charge in [0.1, 0.15) is 18.1 Å². The van der Waals surface area contributed by atoms with Gasteiger partial charge in [-0.05, 0) is 51.1 Å². The van der Waals surface area contributed by atoms with Gasteiger partial charge < -0.3 is 18.4 Å². The molecule has 0 amide bonds. The second-order valence-electron chi connectivity index (χ2n) is 7.07. The molecule has 2 aromatic heterocycles. The second-order valence-corrected chi connectivity index (χ2v) is 7.07. The number of aryl methyl sites for hydroxylation is 3. The number of ether oxygens (including phenoxy) is 2. The van der Waals surface area contributed by atoms with Crippen LogP contribution in [0.2, 0.25) is 0 Å². The van der Waals surface area contributed by atoms with Crippen molar-refractivity contribution >= 4 is 5.97 Å². The molecule has 0 N–H and O–H groups in total. The highest BCUT2D eigenvalue weighted by Gasteiger charge is 2.14. The van der Waals surface area contributed by atoms with E-state index in [1.54, 1.807) is 24.3 Å². The third kappa shape index (κ3) is 4.80. The average molecular weight is 419 g/mol. The van der Waals surface area contributed by atoms with Crippen molar-refractivity contribution < 1.29 is 23.2 Å². The van der Waals surface area contributed by atoms with Crippen molar-refractivity contribution in [3.05, 3.63) is 82.6 Å². The van der Waals surface area contributed by atoms with E-state index in [0.717, 1.165) is 22.4 Å². The van der Waals surface area contributed by atoms with Crippen molar-refractivity contribution in [3.63, 3.8) is 0 Å². The second kappa shape index (κ2) is 8.83. The Morgan fingerprint density at radius 3 is 2.61 bits per heavy atom. The van der Waals surface area contributed by atoms with Crippen LogP contribution in [0.1, 0.15) is 38.8 Å². The summed E-state index contributed by atoms with van der Waals surface area (Å²) in [6, 6.07) is 14.5. The molecule has 31 heavy (non-hydrogen) atoms. The lowest BCUT2D eigenvalue weighted by atomic mass is 10.1. The zero-order valence-electron chi connectivity index (χ0n) is 17.4. The summed E-state index contributed by atoms with van der Waals surface area (Å²) >= 11 is 0. The molecule has 0 atom stereocenters. The summed E-state index contributed by atoms with van der Waals surface area (Å²) in [7, 11) is 0. The quantitative estimate of drug-likeness (QED) is 0.401. The van der Waals surface area contributed by atoms with Crippen molar-refractivity contribution in [2.45, 2.75) is 34.0 Å². The van der Waals surface area contributed by atoms with E-state index in [-0.39, 0.29) is 12.5 Å². The van der Waals surface area contributed by atoms with Gasteiger partial charge in [-0.15, -0.1) is 10.2 Å². The van der Waals surface area contributed by atoms with Gasteiger partial charge in [0.2, 0.25) is 5.89 Å². The predicted octanol–water partition coefficient (Wildman–Crippen LogP) is 4.59. The maximum absolute atomic E-state index is 12.4. The largest absolute Gasteiger partial charge is 0.489 e. The fourth-order valence-corrected chi connectivity index (χ4v) is 2.99. The Morgan fingerprint density at radius 2 is 1.84 bits per heavy atom. The van der Waals surface area contributed by atoms with E-state index in [4.69, 9.17) is 18.4 Å². The molecule has 0 spiro atoms. The van der Waals surface area contributed by atoms with Gasteiger partial charge in [-0.1, -0.05) is 28.9 Å². The highest BCUT2D eigenvalue weighted by Crippen LogP contribution is 2.21. The van der Waals surface area contributed by atoms with Gasteiger partial charge in [-0.3, -0.25) is 0 Å². The van der Waals surface area contributed by atoms with Crippen LogP contribution in [-0.4, -0.2) is 21.3 Å². The number of nitrogens with zero attached hydrogens (tertiary/aromatic N) is 3. The number of benzene rings is 2. The molecule has 158 valence electrons. The molecule has 0 bridgehead atoms. The minimum atomic E-state index is -0.516. The Morgan fingerprint density at radius 1 is 1.00 bits per heavy atom. The Bertz CT molecular complexity index is 1190. The average Bonchev–Trinajstić information content (AvgIpc) is 3.37. The van der Waals surface area contributed by atoms with E-state index in [0.29, 0.717) is 29.6 Å². The molecule has 0 saturated heterocycles. The van der Waals surface area contributed by atoms with Gasteiger partial charge >= 0.3 is 5.97 Å². The summed E-state index contributed by atoms with van der Waals surface area (Å²) in [5, 5.41) is 11.9. The molecule has 8 nitrogen and oxygen atoms in total.